The summed E-state index contributed by atoms with van der Waals surface area (Å²) in [5.74, 6) is 0.0104. The summed E-state index contributed by atoms with van der Waals surface area (Å²) in [4.78, 5) is 11.8. The second-order valence-electron chi connectivity index (χ2n) is 5.26. The van der Waals surface area contributed by atoms with Crippen LogP contribution in [-0.4, -0.2) is 31.8 Å². The zero-order valence-corrected chi connectivity index (χ0v) is 12.3. The molecule has 1 heterocycles. The highest BCUT2D eigenvalue weighted by molar-refractivity contribution is 5.90. The summed E-state index contributed by atoms with van der Waals surface area (Å²) in [6.45, 7) is 2.59. The van der Waals surface area contributed by atoms with Crippen LogP contribution in [0.4, 0.5) is 5.69 Å². The van der Waals surface area contributed by atoms with E-state index in [-0.39, 0.29) is 12.0 Å². The highest BCUT2D eigenvalue weighted by Gasteiger charge is 2.15. The lowest BCUT2D eigenvalue weighted by Gasteiger charge is -2.10. The van der Waals surface area contributed by atoms with Crippen molar-refractivity contribution in [2.75, 3.05) is 25.1 Å². The summed E-state index contributed by atoms with van der Waals surface area (Å²) in [5.41, 5.74) is 7.39. The van der Waals surface area contributed by atoms with Gasteiger partial charge in [-0.05, 0) is 37.0 Å². The van der Waals surface area contributed by atoms with Crippen molar-refractivity contribution in [2.24, 2.45) is 5.73 Å². The van der Waals surface area contributed by atoms with Gasteiger partial charge in [-0.25, -0.2) is 0 Å². The summed E-state index contributed by atoms with van der Waals surface area (Å²) >= 11 is 0. The molecule has 0 aromatic heterocycles. The molecule has 1 fully saturated rings. The lowest BCUT2D eigenvalue weighted by atomic mass is 10.2. The molecule has 1 atom stereocenters. The van der Waals surface area contributed by atoms with E-state index in [1.165, 1.54) is 0 Å². The van der Waals surface area contributed by atoms with Gasteiger partial charge in [-0.2, -0.15) is 0 Å². The van der Waals surface area contributed by atoms with E-state index < -0.39 is 0 Å². The minimum Gasteiger partial charge on any atom is -0.379 e. The van der Waals surface area contributed by atoms with E-state index >= 15 is 0 Å². The van der Waals surface area contributed by atoms with E-state index in [9.17, 15) is 4.79 Å². The van der Waals surface area contributed by atoms with E-state index in [0.717, 1.165) is 37.1 Å². The van der Waals surface area contributed by atoms with Crippen LogP contribution < -0.4 is 11.1 Å². The molecule has 1 amide bonds. The highest BCUT2D eigenvalue weighted by Crippen LogP contribution is 2.12. The molecule has 0 aliphatic carbocycles. The van der Waals surface area contributed by atoms with Gasteiger partial charge in [0.1, 0.15) is 0 Å². The Bertz CT molecular complexity index is 428. The summed E-state index contributed by atoms with van der Waals surface area (Å²) in [5, 5.41) is 2.87. The van der Waals surface area contributed by atoms with Gasteiger partial charge >= 0.3 is 0 Å². The molecule has 0 spiro atoms. The number of anilines is 1. The third-order valence-electron chi connectivity index (χ3n) is 3.49. The summed E-state index contributed by atoms with van der Waals surface area (Å²) < 4.78 is 11.0. The zero-order chi connectivity index (χ0) is 14.9. The maximum atomic E-state index is 11.8. The Morgan fingerprint density at radius 3 is 2.86 bits per heavy atom. The molecule has 0 radical (unpaired) electrons. The molecule has 2 rings (SSSR count). The molecule has 116 valence electrons. The third-order valence-corrected chi connectivity index (χ3v) is 3.49. The lowest BCUT2D eigenvalue weighted by Crippen LogP contribution is -2.16. The number of nitrogens with two attached hydrogens (primary N) is 1. The molecule has 1 aromatic rings. The topological polar surface area (TPSA) is 73.6 Å². The molecule has 0 bridgehead atoms. The summed E-state index contributed by atoms with van der Waals surface area (Å²) in [6.07, 6.45) is 3.64. The average molecular weight is 292 g/mol. The number of ether oxygens (including phenoxy) is 2. The van der Waals surface area contributed by atoms with Crippen LogP contribution >= 0.6 is 0 Å². The fourth-order valence-electron chi connectivity index (χ4n) is 2.27. The van der Waals surface area contributed by atoms with Gasteiger partial charge in [-0.15, -0.1) is 0 Å². The van der Waals surface area contributed by atoms with Crippen molar-refractivity contribution >= 4 is 11.6 Å². The molecule has 5 heteroatoms. The third kappa shape index (κ3) is 5.83. The maximum Gasteiger partial charge on any atom is 0.224 e. The van der Waals surface area contributed by atoms with Crippen molar-refractivity contribution in [1.82, 2.24) is 0 Å². The van der Waals surface area contributed by atoms with Crippen LogP contribution in [0.25, 0.3) is 0 Å². The van der Waals surface area contributed by atoms with E-state index in [1.54, 1.807) is 0 Å². The first-order valence-electron chi connectivity index (χ1n) is 7.56. The van der Waals surface area contributed by atoms with Crippen molar-refractivity contribution in [2.45, 2.75) is 38.3 Å². The Hall–Kier alpha value is -1.43. The minimum absolute atomic E-state index is 0.0104. The van der Waals surface area contributed by atoms with Gasteiger partial charge in [-0.1, -0.05) is 12.1 Å². The molecular formula is C16H24N2O3. The first kappa shape index (κ1) is 15.9. The first-order chi connectivity index (χ1) is 10.3. The van der Waals surface area contributed by atoms with Crippen molar-refractivity contribution in [3.63, 3.8) is 0 Å². The molecule has 3 N–H and O–H groups in total. The predicted molar refractivity (Wildman–Crippen MR) is 82.0 cm³/mol. The fraction of sp³-hybridized carbons (Fsp3) is 0.562. The quantitative estimate of drug-likeness (QED) is 0.719. The standard InChI is InChI=1S/C16H24N2O3/c17-11-13-5-7-14(8-6-13)18-16(19)4-2-9-20-12-15-3-1-10-21-15/h5-8,15H,1-4,9-12,17H2,(H,18,19). The van der Waals surface area contributed by atoms with Gasteiger partial charge in [0.15, 0.2) is 0 Å². The molecule has 1 saturated heterocycles. The highest BCUT2D eigenvalue weighted by atomic mass is 16.5. The second kappa shape index (κ2) is 8.77. The zero-order valence-electron chi connectivity index (χ0n) is 12.3. The Labute approximate surface area is 125 Å². The molecule has 1 aliphatic rings. The summed E-state index contributed by atoms with van der Waals surface area (Å²) in [6, 6.07) is 7.57. The molecule has 1 aromatic carbocycles. The van der Waals surface area contributed by atoms with Crippen LogP contribution in [-0.2, 0) is 20.8 Å². The maximum absolute atomic E-state index is 11.8. The van der Waals surface area contributed by atoms with Crippen molar-refractivity contribution in [3.05, 3.63) is 29.8 Å². The van der Waals surface area contributed by atoms with Gasteiger partial charge in [0.25, 0.3) is 0 Å². The van der Waals surface area contributed by atoms with Gasteiger partial charge < -0.3 is 20.5 Å². The van der Waals surface area contributed by atoms with Crippen LogP contribution in [0, 0.1) is 0 Å². The molecular weight excluding hydrogens is 268 g/mol. The Morgan fingerprint density at radius 2 is 2.19 bits per heavy atom. The Kier molecular flexibility index (Phi) is 6.66. The second-order valence-corrected chi connectivity index (χ2v) is 5.26. The van der Waals surface area contributed by atoms with E-state index in [1.807, 2.05) is 24.3 Å². The first-order valence-corrected chi connectivity index (χ1v) is 7.56. The van der Waals surface area contributed by atoms with Gasteiger partial charge in [0.2, 0.25) is 5.91 Å². The fourth-order valence-corrected chi connectivity index (χ4v) is 2.27. The minimum atomic E-state index is 0.0104. The number of hydrogen-bond acceptors (Lipinski definition) is 4. The lowest BCUT2D eigenvalue weighted by molar-refractivity contribution is -0.116. The summed E-state index contributed by atoms with van der Waals surface area (Å²) in [7, 11) is 0. The van der Waals surface area contributed by atoms with Crippen LogP contribution in [0.5, 0.6) is 0 Å². The average Bonchev–Trinajstić information content (AvgIpc) is 3.01. The van der Waals surface area contributed by atoms with Gasteiger partial charge in [0, 0.05) is 31.9 Å². The smallest absolute Gasteiger partial charge is 0.224 e. The van der Waals surface area contributed by atoms with Crippen molar-refractivity contribution < 1.29 is 14.3 Å². The number of hydrogen-bond donors (Lipinski definition) is 2. The predicted octanol–water partition coefficient (Wildman–Crippen LogP) is 2.06. The SMILES string of the molecule is NCc1ccc(NC(=O)CCCOCC2CCCO2)cc1. The van der Waals surface area contributed by atoms with Crippen LogP contribution in [0.2, 0.25) is 0 Å². The Morgan fingerprint density at radius 1 is 1.38 bits per heavy atom. The molecule has 1 unspecified atom stereocenters. The van der Waals surface area contributed by atoms with Gasteiger partial charge in [0.05, 0.1) is 12.7 Å². The molecule has 21 heavy (non-hydrogen) atoms. The van der Waals surface area contributed by atoms with Crippen LogP contribution in [0.1, 0.15) is 31.2 Å². The molecule has 1 aliphatic heterocycles. The number of rotatable bonds is 8. The van der Waals surface area contributed by atoms with E-state index in [0.29, 0.717) is 26.2 Å². The van der Waals surface area contributed by atoms with Crippen molar-refractivity contribution in [3.8, 4) is 0 Å². The monoisotopic (exact) mass is 292 g/mol. The van der Waals surface area contributed by atoms with Crippen molar-refractivity contribution in [1.29, 1.82) is 0 Å². The number of benzene rings is 1. The number of carbonyl (C=O) groups excluding carboxylic acids is 1. The van der Waals surface area contributed by atoms with E-state index in [2.05, 4.69) is 5.32 Å². The number of nitrogens with one attached hydrogen (secondary N) is 1. The normalized spacial score (nSPS) is 17.9. The number of amides is 1. The van der Waals surface area contributed by atoms with Crippen LogP contribution in [0.3, 0.4) is 0 Å². The number of carbonyl (C=O) groups is 1. The molecule has 5 nitrogen and oxygen atoms in total. The Balaban J connectivity index is 1.56. The van der Waals surface area contributed by atoms with Crippen LogP contribution in [0.15, 0.2) is 24.3 Å². The molecule has 0 saturated carbocycles. The van der Waals surface area contributed by atoms with E-state index in [4.69, 9.17) is 15.2 Å². The van der Waals surface area contributed by atoms with Gasteiger partial charge in [-0.3, -0.25) is 4.79 Å². The largest absolute Gasteiger partial charge is 0.379 e.